The maximum absolute atomic E-state index is 12.6. The summed E-state index contributed by atoms with van der Waals surface area (Å²) in [7, 11) is 4.51. The molecule has 0 saturated carbocycles. The minimum absolute atomic E-state index is 0.115. The van der Waals surface area contributed by atoms with Crippen LogP contribution >= 0.6 is 0 Å². The van der Waals surface area contributed by atoms with Gasteiger partial charge in [0.15, 0.2) is 11.5 Å². The smallest absolute Gasteiger partial charge is 0.251 e. The molecule has 178 valence electrons. The van der Waals surface area contributed by atoms with Gasteiger partial charge in [-0.05, 0) is 29.8 Å². The van der Waals surface area contributed by atoms with Crippen LogP contribution in [0.2, 0.25) is 0 Å². The number of hydrogen-bond acceptors (Lipinski definition) is 7. The average molecular weight is 458 g/mol. The van der Waals surface area contributed by atoms with Crippen molar-refractivity contribution >= 4 is 11.8 Å². The molecule has 1 saturated heterocycles. The highest BCUT2D eigenvalue weighted by Gasteiger charge is 2.17. The van der Waals surface area contributed by atoms with E-state index in [1.165, 1.54) is 21.3 Å². The Morgan fingerprint density at radius 1 is 0.879 bits per heavy atom. The lowest BCUT2D eigenvalue weighted by Gasteiger charge is -2.26. The molecule has 2 aromatic rings. The monoisotopic (exact) mass is 457 g/mol. The first-order chi connectivity index (χ1) is 16.0. The maximum Gasteiger partial charge on any atom is 0.251 e. The summed E-state index contributed by atoms with van der Waals surface area (Å²) >= 11 is 0. The second-order valence-corrected chi connectivity index (χ2v) is 7.50. The third kappa shape index (κ3) is 6.59. The minimum Gasteiger partial charge on any atom is -0.493 e. The first-order valence-corrected chi connectivity index (χ1v) is 10.8. The molecule has 0 spiro atoms. The first-order valence-electron chi connectivity index (χ1n) is 10.8. The lowest BCUT2D eigenvalue weighted by atomic mass is 10.1. The Labute approximate surface area is 193 Å². The van der Waals surface area contributed by atoms with E-state index in [1.54, 1.807) is 24.3 Å². The quantitative estimate of drug-likeness (QED) is 0.560. The number of nitrogens with zero attached hydrogens (tertiary/aromatic N) is 1. The van der Waals surface area contributed by atoms with Crippen LogP contribution in [-0.4, -0.2) is 77.4 Å². The number of methoxy groups -OCH3 is 3. The predicted molar refractivity (Wildman–Crippen MR) is 123 cm³/mol. The number of morpholine rings is 1. The molecule has 2 aromatic carbocycles. The topological polar surface area (TPSA) is 98.4 Å². The van der Waals surface area contributed by atoms with Gasteiger partial charge in [-0.25, -0.2) is 0 Å². The van der Waals surface area contributed by atoms with Crippen molar-refractivity contribution < 1.29 is 28.5 Å². The summed E-state index contributed by atoms with van der Waals surface area (Å²) in [6, 6.07) is 10.4. The molecule has 1 heterocycles. The van der Waals surface area contributed by atoms with Gasteiger partial charge in [-0.1, -0.05) is 12.1 Å². The summed E-state index contributed by atoms with van der Waals surface area (Å²) in [5, 5.41) is 5.81. The van der Waals surface area contributed by atoms with Gasteiger partial charge >= 0.3 is 0 Å². The Bertz CT molecular complexity index is 917. The van der Waals surface area contributed by atoms with Gasteiger partial charge in [0, 0.05) is 43.9 Å². The van der Waals surface area contributed by atoms with Crippen LogP contribution in [0.25, 0.3) is 0 Å². The van der Waals surface area contributed by atoms with Gasteiger partial charge in [0.25, 0.3) is 11.8 Å². The second kappa shape index (κ2) is 12.1. The lowest BCUT2D eigenvalue weighted by molar-refractivity contribution is 0.0383. The fourth-order valence-electron chi connectivity index (χ4n) is 3.52. The zero-order valence-corrected chi connectivity index (χ0v) is 19.3. The van der Waals surface area contributed by atoms with Gasteiger partial charge in [0.1, 0.15) is 0 Å². The Morgan fingerprint density at radius 3 is 2.06 bits per heavy atom. The molecule has 2 N–H and O–H groups in total. The molecule has 0 radical (unpaired) electrons. The second-order valence-electron chi connectivity index (χ2n) is 7.50. The average Bonchev–Trinajstić information content (AvgIpc) is 2.87. The Kier molecular flexibility index (Phi) is 8.91. The van der Waals surface area contributed by atoms with Gasteiger partial charge in [0.2, 0.25) is 5.75 Å². The molecule has 9 nitrogen and oxygen atoms in total. The number of nitrogens with one attached hydrogen (secondary N) is 2. The van der Waals surface area contributed by atoms with Crippen LogP contribution < -0.4 is 24.8 Å². The Balaban J connectivity index is 1.51. The van der Waals surface area contributed by atoms with Crippen LogP contribution in [0.3, 0.4) is 0 Å². The summed E-state index contributed by atoms with van der Waals surface area (Å²) in [6.45, 7) is 4.98. The molecular formula is C24H31N3O6. The largest absolute Gasteiger partial charge is 0.493 e. The van der Waals surface area contributed by atoms with Crippen molar-refractivity contribution in [2.45, 2.75) is 6.54 Å². The highest BCUT2D eigenvalue weighted by atomic mass is 16.5. The highest BCUT2D eigenvalue weighted by molar-refractivity contribution is 5.96. The Hall–Kier alpha value is -3.30. The van der Waals surface area contributed by atoms with E-state index in [4.69, 9.17) is 18.9 Å². The van der Waals surface area contributed by atoms with E-state index in [9.17, 15) is 9.59 Å². The number of amides is 2. The van der Waals surface area contributed by atoms with Gasteiger partial charge in [-0.2, -0.15) is 0 Å². The standard InChI is InChI=1S/C24H31N3O6/c1-30-20-14-19(15-21(31-2)22(20)32-3)24(29)26-16-17-4-6-18(7-5-17)23(28)25-8-9-27-10-12-33-13-11-27/h4-7,14-15H,8-13,16H2,1-3H3,(H,25,28)(H,26,29). The van der Waals surface area contributed by atoms with E-state index < -0.39 is 0 Å². The number of ether oxygens (including phenoxy) is 4. The molecular weight excluding hydrogens is 426 g/mol. The predicted octanol–water partition coefficient (Wildman–Crippen LogP) is 1.70. The van der Waals surface area contributed by atoms with Gasteiger partial charge in [0.05, 0.1) is 34.5 Å². The van der Waals surface area contributed by atoms with Crippen molar-refractivity contribution in [3.8, 4) is 17.2 Å². The van der Waals surface area contributed by atoms with Crippen molar-refractivity contribution in [1.82, 2.24) is 15.5 Å². The van der Waals surface area contributed by atoms with Crippen molar-refractivity contribution in [3.05, 3.63) is 53.1 Å². The molecule has 1 aliphatic rings. The molecule has 2 amide bonds. The summed E-state index contributed by atoms with van der Waals surface area (Å²) < 4.78 is 21.2. The minimum atomic E-state index is -0.279. The van der Waals surface area contributed by atoms with Crippen LogP contribution in [0.4, 0.5) is 0 Å². The van der Waals surface area contributed by atoms with Crippen LogP contribution in [0.15, 0.2) is 36.4 Å². The lowest BCUT2D eigenvalue weighted by Crippen LogP contribution is -2.41. The number of carbonyl (C=O) groups excluding carboxylic acids is 2. The fraction of sp³-hybridized carbons (Fsp3) is 0.417. The molecule has 0 aliphatic carbocycles. The molecule has 0 unspecified atom stereocenters. The molecule has 0 atom stereocenters. The number of hydrogen-bond donors (Lipinski definition) is 2. The number of carbonyl (C=O) groups is 2. The van der Waals surface area contributed by atoms with Gasteiger partial charge in [-0.3, -0.25) is 14.5 Å². The summed E-state index contributed by atoms with van der Waals surface area (Å²) in [5.41, 5.74) is 1.85. The van der Waals surface area contributed by atoms with Crippen LogP contribution in [0, 0.1) is 0 Å². The normalized spacial score (nSPS) is 13.8. The molecule has 1 fully saturated rings. The molecule has 33 heavy (non-hydrogen) atoms. The van der Waals surface area contributed by atoms with E-state index in [0.717, 1.165) is 38.4 Å². The summed E-state index contributed by atoms with van der Waals surface area (Å²) in [5.74, 6) is 0.850. The summed E-state index contributed by atoms with van der Waals surface area (Å²) in [6.07, 6.45) is 0. The Morgan fingerprint density at radius 2 is 1.48 bits per heavy atom. The fourth-order valence-corrected chi connectivity index (χ4v) is 3.52. The van der Waals surface area contributed by atoms with E-state index in [1.807, 2.05) is 12.1 Å². The molecule has 0 bridgehead atoms. The van der Waals surface area contributed by atoms with Crippen molar-refractivity contribution in [2.75, 3.05) is 60.7 Å². The molecule has 9 heteroatoms. The number of benzene rings is 2. The van der Waals surface area contributed by atoms with E-state index in [-0.39, 0.29) is 11.8 Å². The van der Waals surface area contributed by atoms with E-state index in [0.29, 0.717) is 41.5 Å². The maximum atomic E-state index is 12.6. The molecule has 0 aromatic heterocycles. The van der Waals surface area contributed by atoms with Crippen LogP contribution in [-0.2, 0) is 11.3 Å². The van der Waals surface area contributed by atoms with Crippen molar-refractivity contribution in [1.29, 1.82) is 0 Å². The third-order valence-corrected chi connectivity index (χ3v) is 5.41. The van der Waals surface area contributed by atoms with Gasteiger partial charge in [-0.15, -0.1) is 0 Å². The highest BCUT2D eigenvalue weighted by Crippen LogP contribution is 2.38. The third-order valence-electron chi connectivity index (χ3n) is 5.41. The van der Waals surface area contributed by atoms with Crippen LogP contribution in [0.5, 0.6) is 17.2 Å². The zero-order chi connectivity index (χ0) is 23.6. The van der Waals surface area contributed by atoms with E-state index >= 15 is 0 Å². The molecule has 1 aliphatic heterocycles. The zero-order valence-electron chi connectivity index (χ0n) is 19.3. The van der Waals surface area contributed by atoms with Crippen molar-refractivity contribution in [2.24, 2.45) is 0 Å². The first kappa shape index (κ1) is 24.3. The summed E-state index contributed by atoms with van der Waals surface area (Å²) in [4.78, 5) is 27.3. The number of rotatable bonds is 10. The van der Waals surface area contributed by atoms with E-state index in [2.05, 4.69) is 15.5 Å². The van der Waals surface area contributed by atoms with Crippen molar-refractivity contribution in [3.63, 3.8) is 0 Å². The van der Waals surface area contributed by atoms with Crippen LogP contribution in [0.1, 0.15) is 26.3 Å². The molecule has 3 rings (SSSR count). The van der Waals surface area contributed by atoms with Gasteiger partial charge < -0.3 is 29.6 Å². The SMILES string of the molecule is COc1cc(C(=O)NCc2ccc(C(=O)NCCN3CCOCC3)cc2)cc(OC)c1OC.